The summed E-state index contributed by atoms with van der Waals surface area (Å²) in [5, 5.41) is 4.95. The smallest absolute Gasteiger partial charge is 0.282 e. The van der Waals surface area contributed by atoms with Crippen molar-refractivity contribution in [2.45, 2.75) is 26.4 Å². The number of aromatic nitrogens is 2. The number of hydrogen-bond donors (Lipinski definition) is 0. The molecule has 0 bridgehead atoms. The highest BCUT2D eigenvalue weighted by molar-refractivity contribution is 9.10. The number of methoxy groups -OCH3 is 1. The molecule has 0 unspecified atom stereocenters. The fourth-order valence-corrected chi connectivity index (χ4v) is 4.50. The first-order valence-electron chi connectivity index (χ1n) is 10.9. The number of ether oxygens (including phenoxy) is 2. The van der Waals surface area contributed by atoms with Gasteiger partial charge in [0.2, 0.25) is 0 Å². The summed E-state index contributed by atoms with van der Waals surface area (Å²) in [4.78, 5) is 17.8. The molecule has 35 heavy (non-hydrogen) atoms. The predicted molar refractivity (Wildman–Crippen MR) is 142 cm³/mol. The molecule has 4 rings (SSSR count). The van der Waals surface area contributed by atoms with Crippen molar-refractivity contribution in [1.82, 2.24) is 9.66 Å². The van der Waals surface area contributed by atoms with Crippen molar-refractivity contribution in [3.63, 3.8) is 0 Å². The standard InChI is InChI=1S/C26H22Br2FN3O3/c1-3-5-24-31-22-9-8-18(27)13-20(22)26(33)32(24)30-14-17-11-21(28)25(23(12-17)34-2)35-15-16-6-4-7-19(29)10-16/h4,6-14H,3,5,15H2,1-2H3. The number of rotatable bonds is 8. The fraction of sp³-hybridized carbons (Fsp3) is 0.192. The second kappa shape index (κ2) is 11.1. The Balaban J connectivity index is 1.67. The highest BCUT2D eigenvalue weighted by Gasteiger charge is 2.13. The van der Waals surface area contributed by atoms with Gasteiger partial charge in [-0.25, -0.2) is 9.37 Å². The normalized spacial score (nSPS) is 11.3. The molecule has 0 N–H and O–H groups in total. The lowest BCUT2D eigenvalue weighted by Gasteiger charge is -2.14. The van der Waals surface area contributed by atoms with Gasteiger partial charge < -0.3 is 9.47 Å². The van der Waals surface area contributed by atoms with Gasteiger partial charge in [-0.2, -0.15) is 9.78 Å². The van der Waals surface area contributed by atoms with Gasteiger partial charge in [-0.15, -0.1) is 0 Å². The maximum Gasteiger partial charge on any atom is 0.282 e. The Morgan fingerprint density at radius 3 is 2.71 bits per heavy atom. The Labute approximate surface area is 218 Å². The monoisotopic (exact) mass is 601 g/mol. The van der Waals surface area contributed by atoms with Crippen molar-refractivity contribution >= 4 is 49.0 Å². The zero-order valence-electron chi connectivity index (χ0n) is 19.1. The second-order valence-electron chi connectivity index (χ2n) is 7.75. The molecule has 6 nitrogen and oxygen atoms in total. The lowest BCUT2D eigenvalue weighted by molar-refractivity contribution is 0.282. The van der Waals surface area contributed by atoms with Crippen molar-refractivity contribution < 1.29 is 13.9 Å². The van der Waals surface area contributed by atoms with Gasteiger partial charge in [0.15, 0.2) is 11.5 Å². The van der Waals surface area contributed by atoms with Crippen LogP contribution in [0.25, 0.3) is 10.9 Å². The van der Waals surface area contributed by atoms with Crippen LogP contribution in [-0.4, -0.2) is 23.0 Å². The summed E-state index contributed by atoms with van der Waals surface area (Å²) in [6.07, 6.45) is 3.01. The molecule has 180 valence electrons. The van der Waals surface area contributed by atoms with Gasteiger partial charge in [0.05, 0.1) is 28.7 Å². The van der Waals surface area contributed by atoms with Crippen LogP contribution in [0.3, 0.4) is 0 Å². The van der Waals surface area contributed by atoms with Gasteiger partial charge in [-0.05, 0) is 75.9 Å². The first kappa shape index (κ1) is 25.1. The summed E-state index contributed by atoms with van der Waals surface area (Å²) in [5.41, 5.74) is 1.78. The number of halogens is 3. The molecule has 1 aromatic heterocycles. The molecule has 0 fully saturated rings. The minimum atomic E-state index is -0.322. The number of aryl methyl sites for hydroxylation is 1. The van der Waals surface area contributed by atoms with Gasteiger partial charge >= 0.3 is 0 Å². The van der Waals surface area contributed by atoms with Gasteiger partial charge in [0.25, 0.3) is 5.56 Å². The lowest BCUT2D eigenvalue weighted by atomic mass is 10.2. The van der Waals surface area contributed by atoms with E-state index in [0.717, 1.165) is 10.9 Å². The third-order valence-electron chi connectivity index (χ3n) is 5.20. The second-order valence-corrected chi connectivity index (χ2v) is 9.52. The van der Waals surface area contributed by atoms with Crippen molar-refractivity contribution in [3.8, 4) is 11.5 Å². The summed E-state index contributed by atoms with van der Waals surface area (Å²) in [5.74, 6) is 1.22. The molecule has 4 aromatic rings. The lowest BCUT2D eigenvalue weighted by Crippen LogP contribution is -2.22. The zero-order chi connectivity index (χ0) is 24.9. The predicted octanol–water partition coefficient (Wildman–Crippen LogP) is 6.48. The molecular weight excluding hydrogens is 581 g/mol. The quantitative estimate of drug-likeness (QED) is 0.216. The molecule has 9 heteroatoms. The van der Waals surface area contributed by atoms with Gasteiger partial charge in [0.1, 0.15) is 18.2 Å². The Bertz CT molecular complexity index is 1470. The average Bonchev–Trinajstić information content (AvgIpc) is 2.83. The molecule has 0 aliphatic carbocycles. The van der Waals surface area contributed by atoms with Crippen LogP contribution in [0.5, 0.6) is 11.5 Å². The van der Waals surface area contributed by atoms with Crippen LogP contribution in [0, 0.1) is 5.82 Å². The van der Waals surface area contributed by atoms with Crippen LogP contribution < -0.4 is 15.0 Å². The van der Waals surface area contributed by atoms with E-state index >= 15 is 0 Å². The van der Waals surface area contributed by atoms with E-state index in [1.165, 1.54) is 23.9 Å². The van der Waals surface area contributed by atoms with Crippen molar-refractivity contribution in [3.05, 3.63) is 96.7 Å². The molecule has 0 amide bonds. The minimum absolute atomic E-state index is 0.175. The van der Waals surface area contributed by atoms with Crippen LogP contribution in [-0.2, 0) is 13.0 Å². The molecule has 0 aliphatic heterocycles. The summed E-state index contributed by atoms with van der Waals surface area (Å²) in [6, 6.07) is 15.2. The van der Waals surface area contributed by atoms with E-state index in [4.69, 9.17) is 9.47 Å². The van der Waals surface area contributed by atoms with Gasteiger partial charge in [-0.3, -0.25) is 4.79 Å². The first-order chi connectivity index (χ1) is 16.9. The summed E-state index contributed by atoms with van der Waals surface area (Å²) >= 11 is 6.93. The van der Waals surface area contributed by atoms with E-state index in [1.807, 2.05) is 25.1 Å². The highest BCUT2D eigenvalue weighted by atomic mass is 79.9. The largest absolute Gasteiger partial charge is 0.493 e. The van der Waals surface area contributed by atoms with Crippen LogP contribution >= 0.6 is 31.9 Å². The van der Waals surface area contributed by atoms with Gasteiger partial charge in [-0.1, -0.05) is 35.0 Å². The number of nitrogens with zero attached hydrogens (tertiary/aromatic N) is 3. The molecule has 0 radical (unpaired) electrons. The van der Waals surface area contributed by atoms with Crippen molar-refractivity contribution in [2.24, 2.45) is 5.10 Å². The molecule has 0 saturated heterocycles. The van der Waals surface area contributed by atoms with E-state index in [1.54, 1.807) is 30.5 Å². The number of fused-ring (bicyclic) bond motifs is 1. The number of benzene rings is 3. The van der Waals surface area contributed by atoms with Gasteiger partial charge in [0, 0.05) is 10.9 Å². The van der Waals surface area contributed by atoms with Crippen LogP contribution in [0.4, 0.5) is 4.39 Å². The van der Waals surface area contributed by atoms with Crippen molar-refractivity contribution in [2.75, 3.05) is 7.11 Å². The molecule has 0 atom stereocenters. The Morgan fingerprint density at radius 2 is 1.97 bits per heavy atom. The van der Waals surface area contributed by atoms with Crippen molar-refractivity contribution in [1.29, 1.82) is 0 Å². The van der Waals surface area contributed by atoms with E-state index in [-0.39, 0.29) is 18.0 Å². The molecule has 3 aromatic carbocycles. The number of hydrogen-bond acceptors (Lipinski definition) is 5. The molecule has 0 aliphatic rings. The Morgan fingerprint density at radius 1 is 1.14 bits per heavy atom. The SMILES string of the molecule is CCCc1nc2ccc(Br)cc2c(=O)n1N=Cc1cc(Br)c(OCc2cccc(F)c2)c(OC)c1. The van der Waals surface area contributed by atoms with E-state index < -0.39 is 0 Å². The van der Waals surface area contributed by atoms with E-state index in [2.05, 4.69) is 41.9 Å². The van der Waals surface area contributed by atoms with E-state index in [9.17, 15) is 9.18 Å². The third-order valence-corrected chi connectivity index (χ3v) is 6.28. The molecule has 0 spiro atoms. The minimum Gasteiger partial charge on any atom is -0.493 e. The summed E-state index contributed by atoms with van der Waals surface area (Å²) in [7, 11) is 1.53. The summed E-state index contributed by atoms with van der Waals surface area (Å²) < 4.78 is 27.6. The van der Waals surface area contributed by atoms with Crippen LogP contribution in [0.1, 0.15) is 30.3 Å². The summed E-state index contributed by atoms with van der Waals surface area (Å²) in [6.45, 7) is 2.20. The average molecular weight is 603 g/mol. The Hall–Kier alpha value is -3.04. The topological polar surface area (TPSA) is 65.7 Å². The third kappa shape index (κ3) is 5.79. The molecule has 0 saturated carbocycles. The molecular formula is C26H22Br2FN3O3. The maximum atomic E-state index is 13.5. The maximum absolute atomic E-state index is 13.5. The zero-order valence-corrected chi connectivity index (χ0v) is 22.3. The molecule has 1 heterocycles. The highest BCUT2D eigenvalue weighted by Crippen LogP contribution is 2.37. The fourth-order valence-electron chi connectivity index (χ4n) is 3.56. The first-order valence-corrected chi connectivity index (χ1v) is 12.5. The Kier molecular flexibility index (Phi) is 7.97. The van der Waals surface area contributed by atoms with E-state index in [0.29, 0.717) is 50.2 Å². The van der Waals surface area contributed by atoms with Crippen LogP contribution in [0.15, 0.2) is 73.4 Å². The van der Waals surface area contributed by atoms with Crippen LogP contribution in [0.2, 0.25) is 0 Å².